The van der Waals surface area contributed by atoms with Crippen LogP contribution in [0.25, 0.3) is 0 Å². The molecule has 0 aromatic heterocycles. The van der Waals surface area contributed by atoms with Crippen LogP contribution in [-0.2, 0) is 11.2 Å². The molecule has 5 nitrogen and oxygen atoms in total. The summed E-state index contributed by atoms with van der Waals surface area (Å²) >= 11 is 0. The molecule has 1 amide bonds. The molecule has 0 bridgehead atoms. The van der Waals surface area contributed by atoms with Crippen LogP contribution in [0.5, 0.6) is 0 Å². The average molecular weight is 330 g/mol. The molecule has 1 aromatic carbocycles. The van der Waals surface area contributed by atoms with Gasteiger partial charge >= 0.3 is 0 Å². The fraction of sp³-hybridized carbons (Fsp3) is 0.579. The molecule has 1 aliphatic rings. The lowest BCUT2D eigenvalue weighted by Gasteiger charge is -2.18. The summed E-state index contributed by atoms with van der Waals surface area (Å²) < 4.78 is 0. The van der Waals surface area contributed by atoms with E-state index in [1.807, 2.05) is 17.9 Å². The van der Waals surface area contributed by atoms with Gasteiger partial charge in [0.05, 0.1) is 0 Å². The number of hydrogen-bond donors (Lipinski definition) is 2. The van der Waals surface area contributed by atoms with Crippen molar-refractivity contribution >= 4 is 11.9 Å². The van der Waals surface area contributed by atoms with Gasteiger partial charge in [-0.3, -0.25) is 9.79 Å². The van der Waals surface area contributed by atoms with E-state index in [-0.39, 0.29) is 5.91 Å². The summed E-state index contributed by atoms with van der Waals surface area (Å²) in [6.45, 7) is 7.26. The van der Waals surface area contributed by atoms with Gasteiger partial charge in [0.25, 0.3) is 0 Å². The molecular weight excluding hydrogens is 300 g/mol. The Morgan fingerprint density at radius 1 is 1.29 bits per heavy atom. The van der Waals surface area contributed by atoms with Gasteiger partial charge in [-0.1, -0.05) is 37.3 Å². The molecule has 1 atom stereocenters. The molecule has 1 aliphatic heterocycles. The van der Waals surface area contributed by atoms with Gasteiger partial charge in [0.15, 0.2) is 5.96 Å². The SMILES string of the molecule is CCNC(=NCCCc1ccccc1)NC1CCN(C(=O)CC)C1. The predicted molar refractivity (Wildman–Crippen MR) is 99.2 cm³/mol. The molecule has 0 saturated carbocycles. The molecule has 1 fully saturated rings. The average Bonchev–Trinajstić information content (AvgIpc) is 3.07. The minimum Gasteiger partial charge on any atom is -0.357 e. The highest BCUT2D eigenvalue weighted by Gasteiger charge is 2.25. The van der Waals surface area contributed by atoms with Gasteiger partial charge in [-0.15, -0.1) is 0 Å². The third-order valence-corrected chi connectivity index (χ3v) is 4.26. The highest BCUT2D eigenvalue weighted by Crippen LogP contribution is 2.10. The topological polar surface area (TPSA) is 56.7 Å². The highest BCUT2D eigenvalue weighted by molar-refractivity contribution is 5.80. The van der Waals surface area contributed by atoms with Crippen molar-refractivity contribution in [2.75, 3.05) is 26.2 Å². The number of carbonyl (C=O) groups excluding carboxylic acids is 1. The number of nitrogens with zero attached hydrogens (tertiary/aromatic N) is 2. The summed E-state index contributed by atoms with van der Waals surface area (Å²) in [7, 11) is 0. The summed E-state index contributed by atoms with van der Waals surface area (Å²) in [5, 5.41) is 6.77. The molecule has 24 heavy (non-hydrogen) atoms. The first-order valence-corrected chi connectivity index (χ1v) is 9.09. The Balaban J connectivity index is 1.77. The minimum absolute atomic E-state index is 0.240. The van der Waals surface area contributed by atoms with E-state index in [4.69, 9.17) is 0 Å². The third kappa shape index (κ3) is 5.87. The lowest BCUT2D eigenvalue weighted by Crippen LogP contribution is -2.45. The second-order valence-corrected chi connectivity index (χ2v) is 6.17. The fourth-order valence-corrected chi connectivity index (χ4v) is 2.96. The van der Waals surface area contributed by atoms with Gasteiger partial charge in [-0.25, -0.2) is 0 Å². The van der Waals surface area contributed by atoms with Crippen LogP contribution in [-0.4, -0.2) is 49.0 Å². The van der Waals surface area contributed by atoms with Crippen LogP contribution >= 0.6 is 0 Å². The second-order valence-electron chi connectivity index (χ2n) is 6.17. The lowest BCUT2D eigenvalue weighted by molar-refractivity contribution is -0.129. The van der Waals surface area contributed by atoms with Crippen molar-refractivity contribution in [3.8, 4) is 0 Å². The van der Waals surface area contributed by atoms with Crippen LogP contribution in [0.4, 0.5) is 0 Å². The number of guanidine groups is 1. The molecule has 0 aliphatic carbocycles. The first-order chi connectivity index (χ1) is 11.7. The van der Waals surface area contributed by atoms with Gasteiger partial charge in [0.1, 0.15) is 0 Å². The molecule has 5 heteroatoms. The lowest BCUT2D eigenvalue weighted by atomic mass is 10.1. The maximum atomic E-state index is 11.8. The molecule has 1 unspecified atom stereocenters. The fourth-order valence-electron chi connectivity index (χ4n) is 2.96. The molecule has 1 saturated heterocycles. The normalized spacial score (nSPS) is 17.8. The Morgan fingerprint density at radius 3 is 2.79 bits per heavy atom. The quantitative estimate of drug-likeness (QED) is 0.458. The summed E-state index contributed by atoms with van der Waals surface area (Å²) in [4.78, 5) is 18.4. The van der Waals surface area contributed by atoms with Gasteiger partial charge in [-0.2, -0.15) is 0 Å². The van der Waals surface area contributed by atoms with Crippen molar-refractivity contribution in [3.05, 3.63) is 35.9 Å². The molecule has 1 aromatic rings. The number of nitrogens with one attached hydrogen (secondary N) is 2. The molecular formula is C19H30N4O. The van der Waals surface area contributed by atoms with Crippen molar-refractivity contribution < 1.29 is 4.79 Å². The van der Waals surface area contributed by atoms with Crippen LogP contribution < -0.4 is 10.6 Å². The molecule has 1 heterocycles. The number of hydrogen-bond acceptors (Lipinski definition) is 2. The van der Waals surface area contributed by atoms with Crippen molar-refractivity contribution in [3.63, 3.8) is 0 Å². The zero-order valence-corrected chi connectivity index (χ0v) is 14.9. The standard InChI is InChI=1S/C19H30N4O/c1-3-18(24)23-14-12-17(15-23)22-19(20-4-2)21-13-8-11-16-9-6-5-7-10-16/h5-7,9-10,17H,3-4,8,11-15H2,1-2H3,(H2,20,21,22). The highest BCUT2D eigenvalue weighted by atomic mass is 16.2. The number of aryl methyl sites for hydroxylation is 1. The Hall–Kier alpha value is -2.04. The Morgan fingerprint density at radius 2 is 2.08 bits per heavy atom. The van der Waals surface area contributed by atoms with E-state index in [1.54, 1.807) is 0 Å². The van der Waals surface area contributed by atoms with E-state index in [9.17, 15) is 4.79 Å². The van der Waals surface area contributed by atoms with Crippen molar-refractivity contribution in [1.29, 1.82) is 0 Å². The van der Waals surface area contributed by atoms with Crippen molar-refractivity contribution in [2.24, 2.45) is 4.99 Å². The van der Waals surface area contributed by atoms with Crippen LogP contribution in [0.3, 0.4) is 0 Å². The van der Waals surface area contributed by atoms with Gasteiger partial charge in [-0.05, 0) is 31.7 Å². The van der Waals surface area contributed by atoms with Gasteiger partial charge in [0, 0.05) is 38.6 Å². The number of amides is 1. The number of benzene rings is 1. The Bertz CT molecular complexity index is 529. The van der Waals surface area contributed by atoms with Crippen LogP contribution in [0.1, 0.15) is 38.7 Å². The van der Waals surface area contributed by atoms with Crippen LogP contribution in [0.15, 0.2) is 35.3 Å². The summed E-state index contributed by atoms with van der Waals surface area (Å²) in [6.07, 6.45) is 3.65. The second kappa shape index (κ2) is 9.96. The minimum atomic E-state index is 0.240. The van der Waals surface area contributed by atoms with Crippen molar-refractivity contribution in [1.82, 2.24) is 15.5 Å². The molecule has 0 radical (unpaired) electrons. The summed E-state index contributed by atoms with van der Waals surface area (Å²) in [5.41, 5.74) is 1.36. The van der Waals surface area contributed by atoms with E-state index in [1.165, 1.54) is 5.56 Å². The predicted octanol–water partition coefficient (Wildman–Crippen LogP) is 2.19. The molecule has 2 rings (SSSR count). The number of aliphatic imine (C=N–C) groups is 1. The molecule has 2 N–H and O–H groups in total. The van der Waals surface area contributed by atoms with Gasteiger partial charge < -0.3 is 15.5 Å². The van der Waals surface area contributed by atoms with E-state index in [0.717, 1.165) is 51.4 Å². The zero-order valence-electron chi connectivity index (χ0n) is 14.9. The summed E-state index contributed by atoms with van der Waals surface area (Å²) in [5.74, 6) is 1.10. The van der Waals surface area contributed by atoms with Crippen LogP contribution in [0, 0.1) is 0 Å². The monoisotopic (exact) mass is 330 g/mol. The maximum Gasteiger partial charge on any atom is 0.222 e. The smallest absolute Gasteiger partial charge is 0.222 e. The first-order valence-electron chi connectivity index (χ1n) is 9.09. The van der Waals surface area contributed by atoms with E-state index < -0.39 is 0 Å². The summed E-state index contributed by atoms with van der Waals surface area (Å²) in [6, 6.07) is 10.8. The zero-order chi connectivity index (χ0) is 17.2. The molecule has 132 valence electrons. The number of likely N-dealkylation sites (tertiary alicyclic amines) is 1. The van der Waals surface area contributed by atoms with Crippen LogP contribution in [0.2, 0.25) is 0 Å². The van der Waals surface area contributed by atoms with Crippen molar-refractivity contribution in [2.45, 2.75) is 45.6 Å². The third-order valence-electron chi connectivity index (χ3n) is 4.26. The van der Waals surface area contributed by atoms with E-state index in [2.05, 4.69) is 46.8 Å². The van der Waals surface area contributed by atoms with Gasteiger partial charge in [0.2, 0.25) is 5.91 Å². The Labute approximate surface area is 145 Å². The van der Waals surface area contributed by atoms with E-state index in [0.29, 0.717) is 12.5 Å². The number of rotatable bonds is 7. The molecule has 0 spiro atoms. The maximum absolute atomic E-state index is 11.8. The Kier molecular flexibility index (Phi) is 7.59. The first kappa shape index (κ1) is 18.3. The van der Waals surface area contributed by atoms with E-state index >= 15 is 0 Å². The number of carbonyl (C=O) groups is 1. The largest absolute Gasteiger partial charge is 0.357 e.